The van der Waals surface area contributed by atoms with E-state index in [0.717, 1.165) is 64.2 Å². The molecule has 56 heavy (non-hydrogen) atoms. The van der Waals surface area contributed by atoms with Crippen LogP contribution in [0.1, 0.15) is 213 Å². The predicted octanol–water partition coefficient (Wildman–Crippen LogP) is 12.2. The largest absolute Gasteiger partial charge is 0.472 e. The predicted molar refractivity (Wildman–Crippen MR) is 228 cm³/mol. The highest BCUT2D eigenvalue weighted by atomic mass is 31.2. The zero-order chi connectivity index (χ0) is 41.2. The van der Waals surface area contributed by atoms with Crippen LogP contribution in [0, 0.1) is 0 Å². The minimum absolute atomic E-state index is 0.171. The van der Waals surface area contributed by atoms with Gasteiger partial charge in [0.2, 0.25) is 0 Å². The molecule has 0 aromatic heterocycles. The Labute approximate surface area is 342 Å². The summed E-state index contributed by atoms with van der Waals surface area (Å²) in [6.45, 7) is 2.35. The number of aliphatic hydroxyl groups is 2. The molecule has 0 rings (SSSR count). The van der Waals surface area contributed by atoms with Crippen LogP contribution in [0.5, 0.6) is 0 Å². The Morgan fingerprint density at radius 2 is 0.946 bits per heavy atom. The molecule has 0 fully saturated rings. The Kier molecular flexibility index (Phi) is 40.5. The molecule has 0 aliphatic rings. The molecular formula is C45H85O10P. The van der Waals surface area contributed by atoms with Crippen molar-refractivity contribution in [2.75, 3.05) is 26.4 Å². The van der Waals surface area contributed by atoms with Gasteiger partial charge in [-0.2, -0.15) is 0 Å². The second-order valence-corrected chi connectivity index (χ2v) is 16.9. The topological polar surface area (TPSA) is 149 Å². The second-order valence-electron chi connectivity index (χ2n) is 15.4. The molecular weight excluding hydrogens is 731 g/mol. The summed E-state index contributed by atoms with van der Waals surface area (Å²) in [4.78, 5) is 35.0. The lowest BCUT2D eigenvalue weighted by Gasteiger charge is -2.20. The van der Waals surface area contributed by atoms with Crippen molar-refractivity contribution in [3.05, 3.63) is 24.3 Å². The van der Waals surface area contributed by atoms with E-state index in [-0.39, 0.29) is 19.4 Å². The summed E-state index contributed by atoms with van der Waals surface area (Å²) in [6.07, 6.45) is 41.4. The zero-order valence-electron chi connectivity index (χ0n) is 35.9. The van der Waals surface area contributed by atoms with E-state index in [0.29, 0.717) is 12.8 Å². The molecule has 0 bridgehead atoms. The van der Waals surface area contributed by atoms with E-state index in [1.807, 2.05) is 0 Å². The van der Waals surface area contributed by atoms with Crippen molar-refractivity contribution in [1.82, 2.24) is 0 Å². The molecule has 1 unspecified atom stereocenters. The molecule has 0 aromatic carbocycles. The molecule has 330 valence electrons. The van der Waals surface area contributed by atoms with E-state index in [2.05, 4.69) is 38.2 Å². The first kappa shape index (κ1) is 54.5. The highest BCUT2D eigenvalue weighted by molar-refractivity contribution is 7.47. The number of esters is 2. The van der Waals surface area contributed by atoms with Gasteiger partial charge < -0.3 is 24.6 Å². The van der Waals surface area contributed by atoms with Crippen LogP contribution in [0.3, 0.4) is 0 Å². The van der Waals surface area contributed by atoms with E-state index in [4.69, 9.17) is 23.6 Å². The first-order valence-electron chi connectivity index (χ1n) is 22.8. The smallest absolute Gasteiger partial charge is 0.462 e. The molecule has 0 spiro atoms. The van der Waals surface area contributed by atoms with Gasteiger partial charge in [-0.25, -0.2) is 4.57 Å². The first-order chi connectivity index (χ1) is 27.2. The second kappa shape index (κ2) is 41.6. The lowest BCUT2D eigenvalue weighted by atomic mass is 10.0. The highest BCUT2D eigenvalue weighted by Crippen LogP contribution is 2.43. The monoisotopic (exact) mass is 817 g/mol. The number of unbranched alkanes of at least 4 members (excludes halogenated alkanes) is 25. The Morgan fingerprint density at radius 1 is 0.536 bits per heavy atom. The third kappa shape index (κ3) is 40.6. The molecule has 0 amide bonds. The normalized spacial score (nSPS) is 14.0. The highest BCUT2D eigenvalue weighted by Gasteiger charge is 2.27. The van der Waals surface area contributed by atoms with Gasteiger partial charge in [-0.1, -0.05) is 186 Å². The van der Waals surface area contributed by atoms with Gasteiger partial charge in [-0.15, -0.1) is 0 Å². The third-order valence-corrected chi connectivity index (χ3v) is 10.8. The number of carbonyl (C=O) groups is 2. The van der Waals surface area contributed by atoms with Crippen LogP contribution in [0.15, 0.2) is 24.3 Å². The van der Waals surface area contributed by atoms with Gasteiger partial charge in [0, 0.05) is 12.8 Å². The fraction of sp³-hybridized carbons (Fsp3) is 0.867. The van der Waals surface area contributed by atoms with Gasteiger partial charge >= 0.3 is 19.8 Å². The zero-order valence-corrected chi connectivity index (χ0v) is 36.8. The average Bonchev–Trinajstić information content (AvgIpc) is 3.19. The summed E-state index contributed by atoms with van der Waals surface area (Å²) in [6, 6.07) is 0. The van der Waals surface area contributed by atoms with Crippen LogP contribution in [-0.4, -0.2) is 65.7 Å². The van der Waals surface area contributed by atoms with Gasteiger partial charge in [-0.05, 0) is 38.5 Å². The SMILES string of the molecule is CCCC/C=C/C/C=C/CCCCCCCC(=O)O[C@@H](COC(=O)CCCCCCCCCCCCCCCCCCCCC)COP(=O)(O)OC[C@H](O)CO. The fourth-order valence-corrected chi connectivity index (χ4v) is 7.09. The Morgan fingerprint density at radius 3 is 1.43 bits per heavy atom. The molecule has 10 nitrogen and oxygen atoms in total. The molecule has 0 aliphatic carbocycles. The van der Waals surface area contributed by atoms with Crippen molar-refractivity contribution in [3.8, 4) is 0 Å². The molecule has 0 aromatic rings. The molecule has 0 heterocycles. The number of carbonyl (C=O) groups excluding carboxylic acids is 2. The number of aliphatic hydroxyl groups excluding tert-OH is 2. The van der Waals surface area contributed by atoms with E-state index in [9.17, 15) is 24.2 Å². The molecule has 0 saturated carbocycles. The van der Waals surface area contributed by atoms with Crippen LogP contribution >= 0.6 is 7.82 Å². The molecule has 11 heteroatoms. The summed E-state index contributed by atoms with van der Waals surface area (Å²) in [7, 11) is -4.62. The number of phosphoric ester groups is 1. The number of rotatable bonds is 43. The van der Waals surface area contributed by atoms with Gasteiger partial charge in [0.15, 0.2) is 6.10 Å². The number of phosphoric acid groups is 1. The van der Waals surface area contributed by atoms with E-state index in [1.165, 1.54) is 109 Å². The maximum absolute atomic E-state index is 12.6. The first-order valence-corrected chi connectivity index (χ1v) is 24.3. The molecule has 0 saturated heterocycles. The van der Waals surface area contributed by atoms with Crippen molar-refractivity contribution in [3.63, 3.8) is 0 Å². The maximum atomic E-state index is 12.6. The minimum Gasteiger partial charge on any atom is -0.462 e. The van der Waals surface area contributed by atoms with Gasteiger partial charge in [0.05, 0.1) is 19.8 Å². The minimum atomic E-state index is -4.62. The standard InChI is InChI=1S/C45H85O10P/c1-3-5-7-9-11-13-15-17-19-20-21-22-23-25-26-28-30-32-34-36-44(48)52-40-43(41-54-56(50,51)53-39-42(47)38-46)55-45(49)37-35-33-31-29-27-24-18-16-14-12-10-8-6-4-2/h10,12,16,18,42-43,46-47H,3-9,11,13-15,17,19-41H2,1-2H3,(H,50,51)/b12-10+,18-16+/t42-,43+/m1/s1. The van der Waals surface area contributed by atoms with Gasteiger partial charge in [0.25, 0.3) is 0 Å². The van der Waals surface area contributed by atoms with E-state index >= 15 is 0 Å². The van der Waals surface area contributed by atoms with Crippen LogP contribution in [0.2, 0.25) is 0 Å². The molecule has 0 radical (unpaired) electrons. The number of hydrogen-bond donors (Lipinski definition) is 3. The lowest BCUT2D eigenvalue weighted by Crippen LogP contribution is -2.29. The molecule has 3 N–H and O–H groups in total. The van der Waals surface area contributed by atoms with Crippen molar-refractivity contribution in [1.29, 1.82) is 0 Å². The summed E-state index contributed by atoms with van der Waals surface area (Å²) < 4.78 is 32.7. The number of hydrogen-bond acceptors (Lipinski definition) is 9. The average molecular weight is 817 g/mol. The van der Waals surface area contributed by atoms with Gasteiger partial charge in [-0.3, -0.25) is 18.6 Å². The van der Waals surface area contributed by atoms with E-state index in [1.54, 1.807) is 0 Å². The van der Waals surface area contributed by atoms with Crippen molar-refractivity contribution in [2.45, 2.75) is 225 Å². The van der Waals surface area contributed by atoms with Crippen molar-refractivity contribution in [2.24, 2.45) is 0 Å². The van der Waals surface area contributed by atoms with Crippen LogP contribution in [0.4, 0.5) is 0 Å². The maximum Gasteiger partial charge on any atom is 0.472 e. The quantitative estimate of drug-likeness (QED) is 0.0235. The molecule has 3 atom stereocenters. The number of ether oxygens (including phenoxy) is 2. The third-order valence-electron chi connectivity index (χ3n) is 9.86. The van der Waals surface area contributed by atoms with Crippen molar-refractivity contribution >= 4 is 19.8 Å². The summed E-state index contributed by atoms with van der Waals surface area (Å²) in [5, 5.41) is 18.3. The Hall–Kier alpha value is -1.55. The summed E-state index contributed by atoms with van der Waals surface area (Å²) in [5.41, 5.74) is 0. The van der Waals surface area contributed by atoms with Crippen molar-refractivity contribution < 1.29 is 47.8 Å². The van der Waals surface area contributed by atoms with Crippen LogP contribution in [-0.2, 0) is 32.7 Å². The molecule has 0 aliphatic heterocycles. The Bertz CT molecular complexity index is 988. The fourth-order valence-electron chi connectivity index (χ4n) is 6.30. The van der Waals surface area contributed by atoms with Crippen LogP contribution in [0.25, 0.3) is 0 Å². The summed E-state index contributed by atoms with van der Waals surface area (Å²) in [5.74, 6) is -0.932. The summed E-state index contributed by atoms with van der Waals surface area (Å²) >= 11 is 0. The Balaban J connectivity index is 4.22. The van der Waals surface area contributed by atoms with Gasteiger partial charge in [0.1, 0.15) is 12.7 Å². The number of allylic oxidation sites excluding steroid dienone is 4. The van der Waals surface area contributed by atoms with Crippen LogP contribution < -0.4 is 0 Å². The van der Waals surface area contributed by atoms with E-state index < -0.39 is 51.8 Å². The lowest BCUT2D eigenvalue weighted by molar-refractivity contribution is -0.161.